The Kier molecular flexibility index (Phi) is 7.35. The van der Waals surface area contributed by atoms with E-state index in [0.29, 0.717) is 6.04 Å². The van der Waals surface area contributed by atoms with Gasteiger partial charge in [-0.05, 0) is 53.0 Å². The standard InChI is InChI=1S/C16H32N2O2/c1-5-6-8-11-17-13-14-10-7-9-12-18(14)15(19)20-16(2,3)4/h14,17H,5-13H2,1-4H3. The second kappa shape index (κ2) is 8.50. The molecule has 1 aliphatic rings. The monoisotopic (exact) mass is 284 g/mol. The maximum Gasteiger partial charge on any atom is 0.410 e. The second-order valence-corrected chi connectivity index (χ2v) is 6.73. The average molecular weight is 284 g/mol. The molecule has 4 heteroatoms. The van der Waals surface area contributed by atoms with Crippen molar-refractivity contribution in [2.45, 2.75) is 77.9 Å². The molecule has 4 nitrogen and oxygen atoms in total. The lowest BCUT2D eigenvalue weighted by Gasteiger charge is -2.37. The molecule has 0 saturated carbocycles. The molecule has 118 valence electrons. The van der Waals surface area contributed by atoms with Crippen LogP contribution in [0.1, 0.15) is 66.2 Å². The number of hydrogen-bond acceptors (Lipinski definition) is 3. The van der Waals surface area contributed by atoms with Crippen molar-refractivity contribution in [1.82, 2.24) is 10.2 Å². The molecule has 1 N–H and O–H groups in total. The molecule has 0 aromatic heterocycles. The van der Waals surface area contributed by atoms with E-state index in [0.717, 1.165) is 32.5 Å². The molecule has 0 aromatic rings. The smallest absolute Gasteiger partial charge is 0.410 e. The average Bonchev–Trinajstić information content (AvgIpc) is 2.37. The van der Waals surface area contributed by atoms with Gasteiger partial charge >= 0.3 is 6.09 Å². The number of unbranched alkanes of at least 4 members (excludes halogenated alkanes) is 2. The lowest BCUT2D eigenvalue weighted by Crippen LogP contribution is -2.50. The van der Waals surface area contributed by atoms with E-state index in [2.05, 4.69) is 12.2 Å². The molecule has 1 unspecified atom stereocenters. The quantitative estimate of drug-likeness (QED) is 0.758. The molecule has 0 aromatic carbocycles. The molecule has 1 atom stereocenters. The first-order valence-electron chi connectivity index (χ1n) is 8.14. The summed E-state index contributed by atoms with van der Waals surface area (Å²) >= 11 is 0. The largest absolute Gasteiger partial charge is 0.444 e. The lowest BCUT2D eigenvalue weighted by atomic mass is 10.0. The van der Waals surface area contributed by atoms with Gasteiger partial charge in [0, 0.05) is 19.1 Å². The number of carbonyl (C=O) groups is 1. The van der Waals surface area contributed by atoms with E-state index < -0.39 is 5.60 Å². The van der Waals surface area contributed by atoms with Gasteiger partial charge in [0.1, 0.15) is 5.60 Å². The van der Waals surface area contributed by atoms with E-state index in [-0.39, 0.29) is 6.09 Å². The van der Waals surface area contributed by atoms with Crippen LogP contribution in [0.2, 0.25) is 0 Å². The first kappa shape index (κ1) is 17.3. The van der Waals surface area contributed by atoms with Crippen LogP contribution in [0.25, 0.3) is 0 Å². The van der Waals surface area contributed by atoms with Crippen molar-refractivity contribution in [3.8, 4) is 0 Å². The SMILES string of the molecule is CCCCCNCC1CCCCN1C(=O)OC(C)(C)C. The maximum absolute atomic E-state index is 12.2. The minimum atomic E-state index is -0.409. The second-order valence-electron chi connectivity index (χ2n) is 6.73. The number of nitrogens with one attached hydrogen (secondary N) is 1. The van der Waals surface area contributed by atoms with Crippen LogP contribution in [-0.2, 0) is 4.74 Å². The molecule has 20 heavy (non-hydrogen) atoms. The molecule has 0 aliphatic carbocycles. The molecule has 1 rings (SSSR count). The van der Waals surface area contributed by atoms with Gasteiger partial charge in [-0.25, -0.2) is 4.79 Å². The molecule has 0 spiro atoms. The van der Waals surface area contributed by atoms with Crippen molar-refractivity contribution in [1.29, 1.82) is 0 Å². The normalized spacial score (nSPS) is 20.0. The van der Waals surface area contributed by atoms with Crippen LogP contribution < -0.4 is 5.32 Å². The number of carbonyl (C=O) groups excluding carboxylic acids is 1. The first-order chi connectivity index (χ1) is 9.44. The first-order valence-corrected chi connectivity index (χ1v) is 8.14. The Balaban J connectivity index is 2.39. The molecule has 1 amide bonds. The Labute approximate surface area is 124 Å². The van der Waals surface area contributed by atoms with E-state index >= 15 is 0 Å². The molecular weight excluding hydrogens is 252 g/mol. The van der Waals surface area contributed by atoms with Crippen molar-refractivity contribution in [2.75, 3.05) is 19.6 Å². The molecule has 1 fully saturated rings. The molecule has 1 saturated heterocycles. The van der Waals surface area contributed by atoms with Gasteiger partial charge < -0.3 is 15.0 Å². The minimum Gasteiger partial charge on any atom is -0.444 e. The summed E-state index contributed by atoms with van der Waals surface area (Å²) in [6.07, 6.45) is 6.96. The van der Waals surface area contributed by atoms with Gasteiger partial charge in [-0.15, -0.1) is 0 Å². The highest BCUT2D eigenvalue weighted by Crippen LogP contribution is 2.20. The topological polar surface area (TPSA) is 41.6 Å². The summed E-state index contributed by atoms with van der Waals surface area (Å²) in [6.45, 7) is 10.8. The van der Waals surface area contributed by atoms with Crippen LogP contribution in [0.15, 0.2) is 0 Å². The van der Waals surface area contributed by atoms with E-state index in [9.17, 15) is 4.79 Å². The van der Waals surface area contributed by atoms with Gasteiger partial charge in [0.2, 0.25) is 0 Å². The summed E-state index contributed by atoms with van der Waals surface area (Å²) in [4.78, 5) is 14.2. The summed E-state index contributed by atoms with van der Waals surface area (Å²) in [6, 6.07) is 0.292. The molecule has 1 aliphatic heterocycles. The zero-order valence-electron chi connectivity index (χ0n) is 13.7. The van der Waals surface area contributed by atoms with Crippen molar-refractivity contribution in [2.24, 2.45) is 0 Å². The number of rotatable bonds is 6. The molecular formula is C16H32N2O2. The summed E-state index contributed by atoms with van der Waals surface area (Å²) in [5.41, 5.74) is -0.409. The highest BCUT2D eigenvalue weighted by molar-refractivity contribution is 5.68. The van der Waals surface area contributed by atoms with Crippen molar-refractivity contribution >= 4 is 6.09 Å². The fourth-order valence-electron chi connectivity index (χ4n) is 2.54. The van der Waals surface area contributed by atoms with Crippen molar-refractivity contribution in [3.63, 3.8) is 0 Å². The van der Waals surface area contributed by atoms with Gasteiger partial charge in [0.05, 0.1) is 0 Å². The minimum absolute atomic E-state index is 0.155. The number of hydrogen-bond donors (Lipinski definition) is 1. The highest BCUT2D eigenvalue weighted by atomic mass is 16.6. The van der Waals surface area contributed by atoms with E-state index in [1.54, 1.807) is 0 Å². The summed E-state index contributed by atoms with van der Waals surface area (Å²) in [5, 5.41) is 3.49. The fourth-order valence-corrected chi connectivity index (χ4v) is 2.54. The zero-order chi connectivity index (χ0) is 15.0. The van der Waals surface area contributed by atoms with E-state index in [4.69, 9.17) is 4.74 Å². The van der Waals surface area contributed by atoms with Gasteiger partial charge in [0.15, 0.2) is 0 Å². The number of nitrogens with zero attached hydrogens (tertiary/aromatic N) is 1. The van der Waals surface area contributed by atoms with Gasteiger partial charge in [-0.3, -0.25) is 0 Å². The van der Waals surface area contributed by atoms with Gasteiger partial charge in [0.25, 0.3) is 0 Å². The molecule has 0 bridgehead atoms. The number of piperidine rings is 1. The van der Waals surface area contributed by atoms with Crippen LogP contribution in [-0.4, -0.2) is 42.3 Å². The zero-order valence-corrected chi connectivity index (χ0v) is 13.7. The number of ether oxygens (including phenoxy) is 1. The van der Waals surface area contributed by atoms with Crippen LogP contribution in [0, 0.1) is 0 Å². The van der Waals surface area contributed by atoms with Crippen LogP contribution >= 0.6 is 0 Å². The Bertz CT molecular complexity index is 287. The van der Waals surface area contributed by atoms with Crippen LogP contribution in [0.3, 0.4) is 0 Å². The Morgan fingerprint density at radius 3 is 2.70 bits per heavy atom. The summed E-state index contributed by atoms with van der Waals surface area (Å²) in [5.74, 6) is 0. The Hall–Kier alpha value is -0.770. The lowest BCUT2D eigenvalue weighted by molar-refractivity contribution is 0.00998. The van der Waals surface area contributed by atoms with Crippen LogP contribution in [0.4, 0.5) is 4.79 Å². The molecule has 0 radical (unpaired) electrons. The van der Waals surface area contributed by atoms with Crippen molar-refractivity contribution in [3.05, 3.63) is 0 Å². The Morgan fingerprint density at radius 2 is 2.05 bits per heavy atom. The third-order valence-corrected chi connectivity index (χ3v) is 3.59. The van der Waals surface area contributed by atoms with Crippen molar-refractivity contribution < 1.29 is 9.53 Å². The van der Waals surface area contributed by atoms with Gasteiger partial charge in [-0.1, -0.05) is 19.8 Å². The maximum atomic E-state index is 12.2. The van der Waals surface area contributed by atoms with Gasteiger partial charge in [-0.2, -0.15) is 0 Å². The Morgan fingerprint density at radius 1 is 1.30 bits per heavy atom. The summed E-state index contributed by atoms with van der Waals surface area (Å²) < 4.78 is 5.51. The summed E-state index contributed by atoms with van der Waals surface area (Å²) in [7, 11) is 0. The third kappa shape index (κ3) is 6.60. The predicted molar refractivity (Wildman–Crippen MR) is 83.0 cm³/mol. The molecule has 1 heterocycles. The van der Waals surface area contributed by atoms with E-state index in [1.807, 2.05) is 25.7 Å². The third-order valence-electron chi connectivity index (χ3n) is 3.59. The highest BCUT2D eigenvalue weighted by Gasteiger charge is 2.29. The predicted octanol–water partition coefficient (Wildman–Crippen LogP) is 3.56. The fraction of sp³-hybridized carbons (Fsp3) is 0.938. The van der Waals surface area contributed by atoms with E-state index in [1.165, 1.54) is 25.7 Å². The number of amides is 1. The number of likely N-dealkylation sites (tertiary alicyclic amines) is 1. The van der Waals surface area contributed by atoms with Crippen LogP contribution in [0.5, 0.6) is 0 Å².